The molecule has 35 heavy (non-hydrogen) atoms. The van der Waals surface area contributed by atoms with Crippen LogP contribution in [-0.2, 0) is 24.0 Å². The summed E-state index contributed by atoms with van der Waals surface area (Å²) >= 11 is 0. The van der Waals surface area contributed by atoms with Crippen LogP contribution in [0.15, 0.2) is 0 Å². The summed E-state index contributed by atoms with van der Waals surface area (Å²) in [6.45, 7) is 0.0394. The molecular weight excluding hydrogens is 462 g/mol. The van der Waals surface area contributed by atoms with Gasteiger partial charge in [-0.2, -0.15) is 0 Å². The third-order valence-electron chi connectivity index (χ3n) is 6.32. The van der Waals surface area contributed by atoms with Gasteiger partial charge in [-0.1, -0.05) is 38.5 Å². The first-order chi connectivity index (χ1) is 16.6. The Morgan fingerprint density at radius 2 is 1.23 bits per heavy atom. The summed E-state index contributed by atoms with van der Waals surface area (Å²) in [5, 5.41) is 37.0. The van der Waals surface area contributed by atoms with E-state index in [-0.39, 0.29) is 32.6 Å². The summed E-state index contributed by atoms with van der Waals surface area (Å²) in [5.41, 5.74) is -0.951. The number of carboxylic acid groups (broad SMARTS) is 4. The van der Waals surface area contributed by atoms with Crippen LogP contribution in [0.25, 0.3) is 0 Å². The van der Waals surface area contributed by atoms with Gasteiger partial charge in [-0.15, -0.1) is 0 Å². The molecule has 0 saturated carbocycles. The molecule has 0 bridgehead atoms. The fourth-order valence-corrected chi connectivity index (χ4v) is 4.76. The highest BCUT2D eigenvalue weighted by Crippen LogP contribution is 2.28. The van der Waals surface area contributed by atoms with Crippen LogP contribution in [0.4, 0.5) is 0 Å². The number of nitrogens with zero attached hydrogens (tertiary/aromatic N) is 3. The molecule has 1 aliphatic rings. The lowest BCUT2D eigenvalue weighted by atomic mass is 9.88. The summed E-state index contributed by atoms with van der Waals surface area (Å²) in [5.74, 6) is -4.19. The van der Waals surface area contributed by atoms with Gasteiger partial charge in [0.15, 0.2) is 0 Å². The van der Waals surface area contributed by atoms with Crippen LogP contribution in [-0.4, -0.2) is 123 Å². The maximum Gasteiger partial charge on any atom is 0.317 e. The van der Waals surface area contributed by atoms with Crippen molar-refractivity contribution in [2.45, 2.75) is 63.3 Å². The molecule has 1 rings (SSSR count). The molecule has 1 fully saturated rings. The van der Waals surface area contributed by atoms with E-state index in [0.717, 1.165) is 38.4 Å². The van der Waals surface area contributed by atoms with E-state index >= 15 is 0 Å². The van der Waals surface area contributed by atoms with Gasteiger partial charge >= 0.3 is 23.9 Å². The van der Waals surface area contributed by atoms with Crippen molar-refractivity contribution in [1.29, 1.82) is 0 Å². The van der Waals surface area contributed by atoms with Gasteiger partial charge in [0, 0.05) is 38.1 Å². The first kappa shape index (κ1) is 30.5. The van der Waals surface area contributed by atoms with Gasteiger partial charge in [-0.05, 0) is 12.8 Å². The fourth-order valence-electron chi connectivity index (χ4n) is 4.76. The van der Waals surface area contributed by atoms with Crippen LogP contribution in [0, 0.1) is 0 Å². The Morgan fingerprint density at radius 1 is 0.714 bits per heavy atom. The standard InChI is InChI=1S/C23H39N3O9/c27-13-12-24-10-11-25(14-20(30)31)18-23(17-24,26(15-21(32)33)16-22(34)35)9-7-5-3-1-2-4-6-8-19(28)29/h13H,1-12,14-18H2,(H,28,29)(H,30,31)(H,32,33)(H,34,35). The van der Waals surface area contributed by atoms with E-state index in [9.17, 15) is 39.3 Å². The van der Waals surface area contributed by atoms with E-state index in [1.54, 1.807) is 4.90 Å². The first-order valence-corrected chi connectivity index (χ1v) is 12.1. The monoisotopic (exact) mass is 501 g/mol. The minimum atomic E-state index is -1.18. The summed E-state index contributed by atoms with van der Waals surface area (Å²) in [4.78, 5) is 61.4. The van der Waals surface area contributed by atoms with E-state index in [4.69, 9.17) is 5.11 Å². The van der Waals surface area contributed by atoms with Gasteiger partial charge < -0.3 is 25.2 Å². The molecule has 1 atom stereocenters. The molecule has 1 unspecified atom stereocenters. The number of hydrogen-bond acceptors (Lipinski definition) is 8. The van der Waals surface area contributed by atoms with Crippen molar-refractivity contribution in [2.24, 2.45) is 0 Å². The Hall–Kier alpha value is -2.57. The van der Waals surface area contributed by atoms with Crippen molar-refractivity contribution in [3.63, 3.8) is 0 Å². The third kappa shape index (κ3) is 12.6. The minimum absolute atomic E-state index is 0.0903. The average Bonchev–Trinajstić information content (AvgIpc) is 2.91. The highest BCUT2D eigenvalue weighted by Gasteiger charge is 2.43. The molecule has 12 heteroatoms. The van der Waals surface area contributed by atoms with Crippen LogP contribution < -0.4 is 0 Å². The van der Waals surface area contributed by atoms with Crippen molar-refractivity contribution in [3.8, 4) is 0 Å². The van der Waals surface area contributed by atoms with Crippen LogP contribution in [0.5, 0.6) is 0 Å². The number of aldehydes is 1. The van der Waals surface area contributed by atoms with E-state index in [1.165, 1.54) is 4.90 Å². The van der Waals surface area contributed by atoms with E-state index in [1.807, 2.05) is 4.90 Å². The molecule has 4 N–H and O–H groups in total. The fraction of sp³-hybridized carbons (Fsp3) is 0.783. The van der Waals surface area contributed by atoms with Gasteiger partial charge in [0.25, 0.3) is 0 Å². The molecule has 0 amide bonds. The molecular formula is C23H39N3O9. The van der Waals surface area contributed by atoms with Crippen molar-refractivity contribution in [2.75, 3.05) is 52.4 Å². The second-order valence-electron chi connectivity index (χ2n) is 9.24. The van der Waals surface area contributed by atoms with E-state index < -0.39 is 42.5 Å². The number of carboxylic acids is 4. The molecule has 0 radical (unpaired) electrons. The lowest BCUT2D eigenvalue weighted by Gasteiger charge is -2.45. The first-order valence-electron chi connectivity index (χ1n) is 12.1. The number of aliphatic carboxylic acids is 4. The number of hydrogen-bond donors (Lipinski definition) is 4. The second kappa shape index (κ2) is 16.2. The molecule has 1 saturated heterocycles. The SMILES string of the molecule is O=CCN1CCN(CC(=O)O)CC(CCCCCCCCCC(=O)O)(N(CC(=O)O)CC(=O)O)C1. The smallest absolute Gasteiger partial charge is 0.317 e. The third-order valence-corrected chi connectivity index (χ3v) is 6.32. The Bertz CT molecular complexity index is 702. The number of carbonyl (C=O) groups excluding carboxylic acids is 1. The van der Waals surface area contributed by atoms with Crippen LogP contribution >= 0.6 is 0 Å². The van der Waals surface area contributed by atoms with Crippen LogP contribution in [0.1, 0.15) is 57.8 Å². The molecule has 0 aromatic heterocycles. The zero-order valence-electron chi connectivity index (χ0n) is 20.3. The Balaban J connectivity index is 2.98. The lowest BCUT2D eigenvalue weighted by molar-refractivity contribution is -0.147. The summed E-state index contributed by atoms with van der Waals surface area (Å²) in [6.07, 6.45) is 7.09. The van der Waals surface area contributed by atoms with Crippen molar-refractivity contribution in [1.82, 2.24) is 14.7 Å². The van der Waals surface area contributed by atoms with Crippen LogP contribution in [0.3, 0.4) is 0 Å². The summed E-state index contributed by atoms with van der Waals surface area (Å²) in [6, 6.07) is 0. The zero-order chi connectivity index (χ0) is 26.3. The maximum atomic E-state index is 11.6. The van der Waals surface area contributed by atoms with Crippen LogP contribution in [0.2, 0.25) is 0 Å². The molecule has 0 aliphatic carbocycles. The largest absolute Gasteiger partial charge is 0.481 e. The second-order valence-corrected chi connectivity index (χ2v) is 9.24. The van der Waals surface area contributed by atoms with Crippen molar-refractivity contribution < 1.29 is 44.4 Å². The maximum absolute atomic E-state index is 11.6. The van der Waals surface area contributed by atoms with E-state index in [0.29, 0.717) is 32.4 Å². The number of unbranched alkanes of at least 4 members (excludes halogenated alkanes) is 6. The van der Waals surface area contributed by atoms with Crippen molar-refractivity contribution >= 4 is 30.2 Å². The molecule has 1 heterocycles. The zero-order valence-corrected chi connectivity index (χ0v) is 20.3. The van der Waals surface area contributed by atoms with Gasteiger partial charge in [-0.25, -0.2) is 0 Å². The topological polar surface area (TPSA) is 176 Å². The summed E-state index contributed by atoms with van der Waals surface area (Å²) < 4.78 is 0. The molecule has 200 valence electrons. The molecule has 1 aliphatic heterocycles. The van der Waals surface area contributed by atoms with Gasteiger partial charge in [0.1, 0.15) is 6.29 Å². The van der Waals surface area contributed by atoms with Gasteiger partial charge in [0.05, 0.1) is 26.2 Å². The Labute approximate surface area is 205 Å². The lowest BCUT2D eigenvalue weighted by Crippen LogP contribution is -2.62. The predicted octanol–water partition coefficient (Wildman–Crippen LogP) is 0.693. The highest BCUT2D eigenvalue weighted by atomic mass is 16.4. The Morgan fingerprint density at radius 3 is 1.74 bits per heavy atom. The van der Waals surface area contributed by atoms with E-state index in [2.05, 4.69) is 0 Å². The Kier molecular flexibility index (Phi) is 14.1. The van der Waals surface area contributed by atoms with Gasteiger partial charge in [0.2, 0.25) is 0 Å². The average molecular weight is 502 g/mol. The highest BCUT2D eigenvalue weighted by molar-refractivity contribution is 5.73. The minimum Gasteiger partial charge on any atom is -0.481 e. The molecule has 0 aromatic carbocycles. The molecule has 12 nitrogen and oxygen atoms in total. The molecule has 0 spiro atoms. The summed E-state index contributed by atoms with van der Waals surface area (Å²) in [7, 11) is 0. The van der Waals surface area contributed by atoms with Crippen molar-refractivity contribution in [3.05, 3.63) is 0 Å². The quantitative estimate of drug-likeness (QED) is 0.144. The molecule has 0 aromatic rings. The van der Waals surface area contributed by atoms with Gasteiger partial charge in [-0.3, -0.25) is 33.9 Å². The number of carbonyl (C=O) groups is 5. The predicted molar refractivity (Wildman–Crippen MR) is 125 cm³/mol. The number of rotatable bonds is 19. The normalized spacial score (nSPS) is 19.3.